The van der Waals surface area contributed by atoms with Gasteiger partial charge in [0.1, 0.15) is 11.5 Å². The summed E-state index contributed by atoms with van der Waals surface area (Å²) < 4.78 is 14.0. The third-order valence-corrected chi connectivity index (χ3v) is 8.67. The van der Waals surface area contributed by atoms with Crippen LogP contribution in [0.25, 0.3) is 11.1 Å². The lowest BCUT2D eigenvalue weighted by Crippen LogP contribution is -2.35. The molecule has 0 bridgehead atoms. The van der Waals surface area contributed by atoms with E-state index in [1.807, 2.05) is 0 Å². The Balaban J connectivity index is 1.20. The molecular formula is C35H33N7O6. The van der Waals surface area contributed by atoms with Crippen molar-refractivity contribution in [3.05, 3.63) is 111 Å². The van der Waals surface area contributed by atoms with Crippen LogP contribution in [0.1, 0.15) is 67.1 Å². The summed E-state index contributed by atoms with van der Waals surface area (Å²) >= 11 is 0. The van der Waals surface area contributed by atoms with Crippen LogP contribution in [-0.4, -0.2) is 49.9 Å². The second-order valence-corrected chi connectivity index (χ2v) is 12.0. The van der Waals surface area contributed by atoms with Crippen LogP contribution < -0.4 is 21.1 Å². The summed E-state index contributed by atoms with van der Waals surface area (Å²) in [5.41, 5.74) is 3.75. The molecule has 5 aromatic rings. The Hall–Kier alpha value is -5.82. The highest BCUT2D eigenvalue weighted by Gasteiger charge is 2.43. The number of nitrogens with one attached hydrogen (secondary N) is 2. The molecule has 2 aromatic carbocycles. The molecule has 0 saturated carbocycles. The smallest absolute Gasteiger partial charge is 0.290 e. The van der Waals surface area contributed by atoms with Gasteiger partial charge in [-0.3, -0.25) is 23.9 Å². The first-order valence-corrected chi connectivity index (χ1v) is 15.5. The molecule has 0 aliphatic carbocycles. The SMILES string of the molecule is Cc1cc2c(c(C(=O)Nc3cccc(C(=O)Nc4ccn(C)n4)c3)n1)[C@@H](CC1CCO1)N(c1ccc(-c3c(C)on(C)c3=O)cc1)C2=O. The Kier molecular flexibility index (Phi) is 7.76. The quantitative estimate of drug-likeness (QED) is 0.244. The van der Waals surface area contributed by atoms with Gasteiger partial charge in [-0.25, -0.2) is 4.98 Å². The number of benzene rings is 2. The Morgan fingerprint density at radius 1 is 0.979 bits per heavy atom. The topological polar surface area (TPSA) is 154 Å². The molecule has 0 spiro atoms. The fourth-order valence-electron chi connectivity index (χ4n) is 6.33. The summed E-state index contributed by atoms with van der Waals surface area (Å²) in [5, 5.41) is 9.80. The van der Waals surface area contributed by atoms with Gasteiger partial charge in [0.05, 0.1) is 17.7 Å². The second kappa shape index (κ2) is 12.1. The summed E-state index contributed by atoms with van der Waals surface area (Å²) in [5.74, 6) is -0.243. The zero-order valence-electron chi connectivity index (χ0n) is 26.8. The largest absolute Gasteiger partial charge is 0.381 e. The third-order valence-electron chi connectivity index (χ3n) is 8.67. The number of hydrogen-bond donors (Lipinski definition) is 2. The van der Waals surface area contributed by atoms with Crippen LogP contribution >= 0.6 is 0 Å². The van der Waals surface area contributed by atoms with Crippen molar-refractivity contribution in [2.75, 3.05) is 22.1 Å². The maximum absolute atomic E-state index is 14.1. The molecule has 7 rings (SSSR count). The number of ether oxygens (including phenoxy) is 1. The molecule has 3 amide bonds. The van der Waals surface area contributed by atoms with E-state index in [4.69, 9.17) is 9.26 Å². The second-order valence-electron chi connectivity index (χ2n) is 12.0. The van der Waals surface area contributed by atoms with E-state index < -0.39 is 11.9 Å². The molecule has 2 atom stereocenters. The van der Waals surface area contributed by atoms with Crippen LogP contribution in [0.5, 0.6) is 0 Å². The third kappa shape index (κ3) is 5.58. The van der Waals surface area contributed by atoms with Gasteiger partial charge in [0.25, 0.3) is 23.3 Å². The van der Waals surface area contributed by atoms with Crippen molar-refractivity contribution in [1.29, 1.82) is 0 Å². The number of pyridine rings is 1. The van der Waals surface area contributed by atoms with E-state index >= 15 is 0 Å². The summed E-state index contributed by atoms with van der Waals surface area (Å²) in [6.45, 7) is 4.10. The number of hydrogen-bond acceptors (Lipinski definition) is 8. The lowest BCUT2D eigenvalue weighted by atomic mass is 9.94. The molecule has 2 aliphatic rings. The summed E-state index contributed by atoms with van der Waals surface area (Å²) in [6.07, 6.45) is 2.94. The van der Waals surface area contributed by atoms with Gasteiger partial charge in [-0.05, 0) is 68.7 Å². The molecule has 2 aliphatic heterocycles. The Morgan fingerprint density at radius 3 is 2.40 bits per heavy atom. The highest BCUT2D eigenvalue weighted by atomic mass is 16.5. The van der Waals surface area contributed by atoms with Gasteiger partial charge in [-0.2, -0.15) is 9.84 Å². The standard InChI is InChI=1S/C35H33N7O6/c1-19-16-26-30(31(36-19)33(44)37-23-7-5-6-22(17-23)32(43)38-28-12-14-40(3)39-28)27(18-25-13-15-47-25)42(34(26)45)24-10-8-21(9-11-24)29-20(2)48-41(4)35(29)46/h5-12,14,16-17,25,27H,13,15,18H2,1-4H3,(H,37,44)(H,38,39,43)/t25?,27-/m1/s1. The van der Waals surface area contributed by atoms with Crippen LogP contribution in [0, 0.1) is 13.8 Å². The van der Waals surface area contributed by atoms with Crippen molar-refractivity contribution in [3.63, 3.8) is 0 Å². The minimum atomic E-state index is -0.531. The minimum Gasteiger partial charge on any atom is -0.381 e. The number of aryl methyl sites for hydroxylation is 4. The summed E-state index contributed by atoms with van der Waals surface area (Å²) in [4.78, 5) is 59.9. The molecular weight excluding hydrogens is 614 g/mol. The zero-order chi connectivity index (χ0) is 33.7. The molecule has 1 saturated heterocycles. The first-order valence-electron chi connectivity index (χ1n) is 15.5. The maximum Gasteiger partial charge on any atom is 0.290 e. The van der Waals surface area contributed by atoms with Crippen molar-refractivity contribution < 1.29 is 23.6 Å². The molecule has 244 valence electrons. The van der Waals surface area contributed by atoms with Gasteiger partial charge >= 0.3 is 0 Å². The molecule has 3 aromatic heterocycles. The number of carbonyl (C=O) groups excluding carboxylic acids is 3. The lowest BCUT2D eigenvalue weighted by molar-refractivity contribution is -0.0576. The average Bonchev–Trinajstić information content (AvgIpc) is 3.66. The fourth-order valence-corrected chi connectivity index (χ4v) is 6.33. The number of aromatic nitrogens is 4. The van der Waals surface area contributed by atoms with E-state index in [1.165, 1.54) is 4.74 Å². The minimum absolute atomic E-state index is 0.0846. The van der Waals surface area contributed by atoms with Crippen molar-refractivity contribution in [2.24, 2.45) is 14.1 Å². The molecule has 0 radical (unpaired) electrons. The van der Waals surface area contributed by atoms with E-state index in [9.17, 15) is 19.2 Å². The number of nitrogens with zero attached hydrogens (tertiary/aromatic N) is 5. The van der Waals surface area contributed by atoms with Gasteiger partial charge in [-0.15, -0.1) is 0 Å². The average molecular weight is 648 g/mol. The van der Waals surface area contributed by atoms with Gasteiger partial charge in [-0.1, -0.05) is 18.2 Å². The lowest BCUT2D eigenvalue weighted by Gasteiger charge is -2.33. The fraction of sp³-hybridized carbons (Fsp3) is 0.257. The molecule has 48 heavy (non-hydrogen) atoms. The van der Waals surface area contributed by atoms with Crippen molar-refractivity contribution >= 4 is 34.9 Å². The van der Waals surface area contributed by atoms with Crippen LogP contribution in [0.15, 0.2) is 76.2 Å². The molecule has 1 unspecified atom stereocenters. The van der Waals surface area contributed by atoms with Crippen molar-refractivity contribution in [1.82, 2.24) is 19.5 Å². The van der Waals surface area contributed by atoms with E-state index in [2.05, 4.69) is 20.7 Å². The Morgan fingerprint density at radius 2 is 1.75 bits per heavy atom. The predicted octanol–water partition coefficient (Wildman–Crippen LogP) is 4.78. The van der Waals surface area contributed by atoms with Crippen LogP contribution in [-0.2, 0) is 18.8 Å². The van der Waals surface area contributed by atoms with Crippen LogP contribution in [0.2, 0.25) is 0 Å². The first kappa shape index (κ1) is 30.8. The van der Waals surface area contributed by atoms with E-state index in [1.54, 1.807) is 104 Å². The first-order chi connectivity index (χ1) is 23.1. The number of anilines is 3. The molecule has 13 nitrogen and oxygen atoms in total. The number of rotatable bonds is 8. The van der Waals surface area contributed by atoms with Crippen LogP contribution in [0.3, 0.4) is 0 Å². The highest BCUT2D eigenvalue weighted by Crippen LogP contribution is 2.44. The van der Waals surface area contributed by atoms with Gasteiger partial charge in [0.15, 0.2) is 5.82 Å². The zero-order valence-corrected chi connectivity index (χ0v) is 26.8. The number of carbonyl (C=O) groups is 3. The van der Waals surface area contributed by atoms with Crippen molar-refractivity contribution in [3.8, 4) is 11.1 Å². The van der Waals surface area contributed by atoms with Gasteiger partial charge < -0.3 is 24.8 Å². The number of fused-ring (bicyclic) bond motifs is 1. The van der Waals surface area contributed by atoms with Crippen molar-refractivity contribution in [2.45, 2.75) is 38.8 Å². The number of amides is 3. The molecule has 2 N–H and O–H groups in total. The monoisotopic (exact) mass is 647 g/mol. The van der Waals surface area contributed by atoms with E-state index in [0.717, 1.165) is 6.42 Å². The summed E-state index contributed by atoms with van der Waals surface area (Å²) in [7, 11) is 3.31. The maximum atomic E-state index is 14.1. The van der Waals surface area contributed by atoms with E-state index in [-0.39, 0.29) is 29.2 Å². The Bertz CT molecular complexity index is 2140. The summed E-state index contributed by atoms with van der Waals surface area (Å²) in [6, 6.07) is 16.6. The molecule has 13 heteroatoms. The van der Waals surface area contributed by atoms with E-state index in [0.29, 0.717) is 69.5 Å². The van der Waals surface area contributed by atoms with Crippen LogP contribution in [0.4, 0.5) is 17.2 Å². The molecule has 5 heterocycles. The normalized spacial score (nSPS) is 16.8. The highest BCUT2D eigenvalue weighted by molar-refractivity contribution is 6.15. The molecule has 1 fully saturated rings. The Labute approximate surface area is 275 Å². The predicted molar refractivity (Wildman–Crippen MR) is 177 cm³/mol. The van der Waals surface area contributed by atoms with Gasteiger partial charge in [0.2, 0.25) is 0 Å². The van der Waals surface area contributed by atoms with Gasteiger partial charge in [0, 0.05) is 66.7 Å².